The smallest absolute Gasteiger partial charge is 0.308 e. The molecule has 4 N–H and O–H groups in total. The molecule has 0 saturated carbocycles. The van der Waals surface area contributed by atoms with Crippen LogP contribution in [0.1, 0.15) is 77.1 Å². The van der Waals surface area contributed by atoms with Crippen molar-refractivity contribution in [3.05, 3.63) is 36.0 Å². The highest BCUT2D eigenvalue weighted by Gasteiger charge is 2.42. The number of hydrogen-bond donors (Lipinski definition) is 3. The third-order valence-electron chi connectivity index (χ3n) is 8.34. The number of nitrogens with zero attached hydrogens (tertiary/aromatic N) is 2. The van der Waals surface area contributed by atoms with Gasteiger partial charge in [-0.15, -0.1) is 0 Å². The number of fused-ring (bicyclic) bond motifs is 5. The Morgan fingerprint density at radius 1 is 1.05 bits per heavy atom. The van der Waals surface area contributed by atoms with Crippen LogP contribution in [0.25, 0.3) is 10.9 Å². The highest BCUT2D eigenvalue weighted by molar-refractivity contribution is 6.02. The summed E-state index contributed by atoms with van der Waals surface area (Å²) in [5.74, 6) is -3.43. The fraction of sp³-hybridized carbons (Fsp3) is 0.581. The summed E-state index contributed by atoms with van der Waals surface area (Å²) in [5.41, 5.74) is 7.44. The fourth-order valence-electron chi connectivity index (χ4n) is 5.29. The molecular formula is C31H44N4O7. The van der Waals surface area contributed by atoms with Gasteiger partial charge in [0.1, 0.15) is 6.04 Å². The summed E-state index contributed by atoms with van der Waals surface area (Å²) in [5, 5.41) is 14.9. The van der Waals surface area contributed by atoms with Gasteiger partial charge in [0, 0.05) is 24.4 Å². The summed E-state index contributed by atoms with van der Waals surface area (Å²) in [6, 6.07) is 4.07. The highest BCUT2D eigenvalue weighted by atomic mass is 16.5. The number of nitrogens with two attached hydrogens (primary N) is 1. The number of benzene rings is 1. The number of para-hydroxylation sites is 1. The van der Waals surface area contributed by atoms with E-state index >= 15 is 0 Å². The lowest BCUT2D eigenvalue weighted by atomic mass is 9.92. The molecule has 0 aliphatic carbocycles. The second-order valence-electron chi connectivity index (χ2n) is 11.2. The van der Waals surface area contributed by atoms with E-state index in [0.717, 1.165) is 10.3 Å². The lowest BCUT2D eigenvalue weighted by molar-refractivity contribution is -0.157. The van der Waals surface area contributed by atoms with E-state index in [4.69, 9.17) is 10.5 Å². The highest BCUT2D eigenvalue weighted by Crippen LogP contribution is 2.28. The van der Waals surface area contributed by atoms with Crippen molar-refractivity contribution in [3.8, 4) is 0 Å². The average molecular weight is 585 g/mol. The van der Waals surface area contributed by atoms with Crippen LogP contribution in [-0.4, -0.2) is 75.0 Å². The van der Waals surface area contributed by atoms with Crippen LogP contribution in [0.2, 0.25) is 0 Å². The van der Waals surface area contributed by atoms with Gasteiger partial charge in [-0.3, -0.25) is 33.4 Å². The quantitative estimate of drug-likeness (QED) is 0.340. The Balaban J connectivity index is 2.12. The Kier molecular flexibility index (Phi) is 11.4. The number of esters is 1. The Bertz CT molecular complexity index is 1310. The first-order valence-electron chi connectivity index (χ1n) is 14.8. The molecule has 1 aliphatic heterocycles. The van der Waals surface area contributed by atoms with Crippen molar-refractivity contribution in [1.29, 1.82) is 0 Å². The minimum absolute atomic E-state index is 0.0214. The normalized spacial score (nSPS) is 19.5. The maximum Gasteiger partial charge on any atom is 0.308 e. The zero-order chi connectivity index (χ0) is 31.1. The number of imide groups is 1. The number of carbonyl (C=O) groups is 5. The maximum absolute atomic E-state index is 14.3. The monoisotopic (exact) mass is 584 g/mol. The molecule has 2 aromatic rings. The van der Waals surface area contributed by atoms with Crippen molar-refractivity contribution in [2.75, 3.05) is 6.61 Å². The third kappa shape index (κ3) is 7.25. The topological polar surface area (TPSA) is 161 Å². The molecule has 6 atom stereocenters. The van der Waals surface area contributed by atoms with Crippen LogP contribution < -0.4 is 11.1 Å². The summed E-state index contributed by atoms with van der Waals surface area (Å²) >= 11 is 0. The van der Waals surface area contributed by atoms with Gasteiger partial charge in [0.25, 0.3) is 5.91 Å². The van der Waals surface area contributed by atoms with Gasteiger partial charge in [-0.25, -0.2) is 0 Å². The lowest BCUT2D eigenvalue weighted by Crippen LogP contribution is -2.61. The lowest BCUT2D eigenvalue weighted by Gasteiger charge is -2.37. The van der Waals surface area contributed by atoms with Crippen LogP contribution >= 0.6 is 0 Å². The van der Waals surface area contributed by atoms with Crippen molar-refractivity contribution < 1.29 is 33.8 Å². The number of carbonyl (C=O) groups excluding carboxylic acids is 5. The van der Waals surface area contributed by atoms with E-state index in [2.05, 4.69) is 5.32 Å². The van der Waals surface area contributed by atoms with Crippen LogP contribution in [0.5, 0.6) is 0 Å². The number of rotatable bonds is 11. The largest absolute Gasteiger partial charge is 0.466 e. The summed E-state index contributed by atoms with van der Waals surface area (Å²) in [6.45, 7) is 9.14. The molecule has 2 heterocycles. The molecule has 42 heavy (non-hydrogen) atoms. The molecule has 3 amide bonds. The van der Waals surface area contributed by atoms with E-state index in [1.165, 1.54) is 4.57 Å². The van der Waals surface area contributed by atoms with Crippen LogP contribution in [0.3, 0.4) is 0 Å². The molecule has 11 nitrogen and oxygen atoms in total. The van der Waals surface area contributed by atoms with Crippen LogP contribution in [0, 0.1) is 11.8 Å². The molecule has 230 valence electrons. The van der Waals surface area contributed by atoms with Crippen molar-refractivity contribution in [2.24, 2.45) is 17.6 Å². The van der Waals surface area contributed by atoms with Gasteiger partial charge < -0.3 is 20.9 Å². The van der Waals surface area contributed by atoms with E-state index in [1.807, 2.05) is 32.9 Å². The van der Waals surface area contributed by atoms with Crippen molar-refractivity contribution in [3.63, 3.8) is 0 Å². The molecule has 1 unspecified atom stereocenters. The SMILES string of the molecule is CCOC(=O)CC(O)[C@@H]1Cc2cn(c3ccccc23)C(=O)CCC(=O)N1C(=O)[C@@H](NC(=O)[C@@H](N)[C@@H](C)CC)[C@@H](C)CC. The first kappa shape index (κ1) is 32.9. The second-order valence-corrected chi connectivity index (χ2v) is 11.2. The number of nitrogens with one attached hydrogen (secondary N) is 1. The molecule has 0 radical (unpaired) electrons. The molecular weight excluding hydrogens is 540 g/mol. The van der Waals surface area contributed by atoms with E-state index in [1.54, 1.807) is 32.2 Å². The standard InChI is InChI=1S/C31H44N4O7/c1-6-18(4)28(32)30(40)33-29(19(5)7-2)31(41)35-23(24(36)16-27(39)42-8-3)15-20-17-34(25(37)13-14-26(35)38)22-12-10-9-11-21(20)22/h9-12,17-19,23-24,28-29,36H,6-8,13-16,32H2,1-5H3,(H,33,40)/t18-,19-,23-,24?,28-,29-/m0/s1. The van der Waals surface area contributed by atoms with Crippen LogP contribution in [-0.2, 0) is 30.3 Å². The van der Waals surface area contributed by atoms with Crippen molar-refractivity contribution in [2.45, 2.75) is 97.4 Å². The van der Waals surface area contributed by atoms with Gasteiger partial charge in [0.05, 0.1) is 36.7 Å². The average Bonchev–Trinajstić information content (AvgIpc) is 3.34. The Hall–Kier alpha value is -3.57. The molecule has 0 fully saturated rings. The Morgan fingerprint density at radius 3 is 2.33 bits per heavy atom. The first-order chi connectivity index (χ1) is 19.9. The third-order valence-corrected chi connectivity index (χ3v) is 8.34. The number of amides is 3. The van der Waals surface area contributed by atoms with Gasteiger partial charge in [0.2, 0.25) is 17.7 Å². The molecule has 1 aromatic heterocycles. The van der Waals surface area contributed by atoms with E-state index < -0.39 is 54.3 Å². The van der Waals surface area contributed by atoms with Gasteiger partial charge in [0.15, 0.2) is 0 Å². The zero-order valence-corrected chi connectivity index (χ0v) is 25.2. The van der Waals surface area contributed by atoms with Crippen LogP contribution in [0.4, 0.5) is 0 Å². The second kappa shape index (κ2) is 14.6. The molecule has 11 heteroatoms. The molecule has 2 bridgehead atoms. The summed E-state index contributed by atoms with van der Waals surface area (Å²) in [6.07, 6.45) is 0.394. The molecule has 1 aromatic carbocycles. The van der Waals surface area contributed by atoms with Gasteiger partial charge >= 0.3 is 5.97 Å². The Labute approximate surface area is 246 Å². The van der Waals surface area contributed by atoms with Crippen molar-refractivity contribution >= 4 is 40.5 Å². The zero-order valence-electron chi connectivity index (χ0n) is 25.2. The summed E-state index contributed by atoms with van der Waals surface area (Å²) in [4.78, 5) is 67.8. The van der Waals surface area contributed by atoms with Gasteiger partial charge in [-0.2, -0.15) is 0 Å². The first-order valence-corrected chi connectivity index (χ1v) is 14.8. The maximum atomic E-state index is 14.3. The summed E-state index contributed by atoms with van der Waals surface area (Å²) in [7, 11) is 0. The number of aliphatic hydroxyl groups is 1. The Morgan fingerprint density at radius 2 is 1.69 bits per heavy atom. The van der Waals surface area contributed by atoms with Crippen LogP contribution in [0.15, 0.2) is 30.5 Å². The molecule has 0 spiro atoms. The van der Waals surface area contributed by atoms with Crippen molar-refractivity contribution in [1.82, 2.24) is 14.8 Å². The number of hydrogen-bond acceptors (Lipinski definition) is 8. The van der Waals surface area contributed by atoms with E-state index in [0.29, 0.717) is 23.9 Å². The predicted octanol–water partition coefficient (Wildman–Crippen LogP) is 2.56. The van der Waals surface area contributed by atoms with Gasteiger partial charge in [-0.05, 0) is 36.8 Å². The number of aliphatic hydroxyl groups excluding tert-OH is 1. The van der Waals surface area contributed by atoms with E-state index in [-0.39, 0.29) is 43.6 Å². The van der Waals surface area contributed by atoms with Gasteiger partial charge in [-0.1, -0.05) is 58.7 Å². The minimum atomic E-state index is -1.47. The minimum Gasteiger partial charge on any atom is -0.466 e. The molecule has 3 rings (SSSR count). The molecule has 0 saturated heterocycles. The number of ether oxygens (including phenoxy) is 1. The predicted molar refractivity (Wildman–Crippen MR) is 157 cm³/mol. The molecule has 1 aliphatic rings. The van der Waals surface area contributed by atoms with E-state index in [9.17, 15) is 29.1 Å². The fourth-order valence-corrected chi connectivity index (χ4v) is 5.29. The summed E-state index contributed by atoms with van der Waals surface area (Å²) < 4.78 is 6.54. The number of aromatic nitrogens is 1.